The van der Waals surface area contributed by atoms with Crippen molar-refractivity contribution < 1.29 is 9.53 Å². The Morgan fingerprint density at radius 2 is 2.23 bits per heavy atom. The summed E-state index contributed by atoms with van der Waals surface area (Å²) in [4.78, 5) is 16.2. The van der Waals surface area contributed by atoms with Crippen molar-refractivity contribution in [2.75, 3.05) is 12.8 Å². The number of allylic oxidation sites excluding steroid dienone is 2. The zero-order chi connectivity index (χ0) is 18.3. The van der Waals surface area contributed by atoms with E-state index in [-0.39, 0.29) is 5.97 Å². The highest BCUT2D eigenvalue weighted by molar-refractivity contribution is 6.31. The number of fused-ring (bicyclic) bond motifs is 5. The van der Waals surface area contributed by atoms with Gasteiger partial charge in [0, 0.05) is 33.8 Å². The van der Waals surface area contributed by atoms with Crippen LogP contribution >= 0.6 is 11.6 Å². The molecular formula is C21H23ClN2O2. The smallest absolute Gasteiger partial charge is 0.305 e. The van der Waals surface area contributed by atoms with Gasteiger partial charge in [-0.15, -0.1) is 0 Å². The molecule has 2 bridgehead atoms. The van der Waals surface area contributed by atoms with E-state index >= 15 is 0 Å². The number of hydrogen-bond acceptors (Lipinski definition) is 4. The van der Waals surface area contributed by atoms with Gasteiger partial charge in [0.15, 0.2) is 0 Å². The van der Waals surface area contributed by atoms with Crippen LogP contribution in [0.3, 0.4) is 0 Å². The fourth-order valence-electron chi connectivity index (χ4n) is 4.53. The van der Waals surface area contributed by atoms with Gasteiger partial charge in [-0.1, -0.05) is 23.3 Å². The Bertz CT molecular complexity index is 907. The molecule has 0 saturated heterocycles. The van der Waals surface area contributed by atoms with Crippen LogP contribution in [0.25, 0.3) is 10.9 Å². The summed E-state index contributed by atoms with van der Waals surface area (Å²) in [6.45, 7) is 0. The minimum Gasteiger partial charge on any atom is -0.469 e. The van der Waals surface area contributed by atoms with Gasteiger partial charge in [-0.2, -0.15) is 0 Å². The average molecular weight is 371 g/mol. The number of carbonyl (C=O) groups is 1. The van der Waals surface area contributed by atoms with E-state index in [2.05, 4.69) is 6.08 Å². The number of nitrogen functional groups attached to an aromatic ring is 1. The highest BCUT2D eigenvalue weighted by atomic mass is 35.5. The summed E-state index contributed by atoms with van der Waals surface area (Å²) >= 11 is 6.13. The summed E-state index contributed by atoms with van der Waals surface area (Å²) in [5.74, 6) is 0.804. The molecule has 2 aromatic rings. The Kier molecular flexibility index (Phi) is 4.62. The molecule has 0 fully saturated rings. The van der Waals surface area contributed by atoms with Gasteiger partial charge in [0.2, 0.25) is 0 Å². The lowest BCUT2D eigenvalue weighted by Gasteiger charge is -2.36. The number of esters is 1. The summed E-state index contributed by atoms with van der Waals surface area (Å²) in [5, 5.41) is 1.68. The third kappa shape index (κ3) is 3.18. The van der Waals surface area contributed by atoms with Crippen molar-refractivity contribution in [3.05, 3.63) is 46.1 Å². The molecule has 0 spiro atoms. The van der Waals surface area contributed by atoms with Gasteiger partial charge in [-0.05, 0) is 62.1 Å². The van der Waals surface area contributed by atoms with E-state index in [1.807, 2.05) is 18.2 Å². The fraction of sp³-hybridized carbons (Fsp3) is 0.429. The van der Waals surface area contributed by atoms with E-state index in [1.165, 1.54) is 18.2 Å². The maximum absolute atomic E-state index is 11.3. The van der Waals surface area contributed by atoms with Crippen LogP contribution in [0.5, 0.6) is 0 Å². The van der Waals surface area contributed by atoms with Gasteiger partial charge >= 0.3 is 5.97 Å². The van der Waals surface area contributed by atoms with Crippen molar-refractivity contribution in [2.24, 2.45) is 5.92 Å². The number of benzene rings is 1. The number of nitrogens with zero attached hydrogens (tertiary/aromatic N) is 1. The van der Waals surface area contributed by atoms with E-state index < -0.39 is 0 Å². The molecular weight excluding hydrogens is 348 g/mol. The SMILES string of the molecule is COC(=O)CCCC1=C[C@H]2Cc3nc4cc(Cl)ccc4c(N)c3[C@@H](C1)C2. The zero-order valence-electron chi connectivity index (χ0n) is 14.9. The number of halogens is 1. The minimum absolute atomic E-state index is 0.134. The van der Waals surface area contributed by atoms with Crippen molar-refractivity contribution in [1.29, 1.82) is 0 Å². The maximum Gasteiger partial charge on any atom is 0.305 e. The molecule has 26 heavy (non-hydrogen) atoms. The van der Waals surface area contributed by atoms with Crippen molar-refractivity contribution in [3.8, 4) is 0 Å². The Balaban J connectivity index is 1.60. The van der Waals surface area contributed by atoms with Crippen LogP contribution in [0.2, 0.25) is 5.02 Å². The van der Waals surface area contributed by atoms with Crippen LogP contribution < -0.4 is 5.73 Å². The zero-order valence-corrected chi connectivity index (χ0v) is 15.7. The molecule has 4 rings (SSSR count). The average Bonchev–Trinajstić information content (AvgIpc) is 2.60. The first kappa shape index (κ1) is 17.3. The molecule has 0 radical (unpaired) electrons. The Morgan fingerprint density at radius 3 is 3.04 bits per heavy atom. The predicted octanol–water partition coefficient (Wildman–Crippen LogP) is 4.79. The van der Waals surface area contributed by atoms with Crippen molar-refractivity contribution in [1.82, 2.24) is 4.98 Å². The predicted molar refractivity (Wildman–Crippen MR) is 104 cm³/mol. The van der Waals surface area contributed by atoms with Gasteiger partial charge in [0.05, 0.1) is 12.6 Å². The number of carbonyl (C=O) groups excluding carboxylic acids is 1. The van der Waals surface area contributed by atoms with E-state index in [1.54, 1.807) is 0 Å². The molecule has 1 heterocycles. The Hall–Kier alpha value is -2.07. The van der Waals surface area contributed by atoms with Crippen LogP contribution in [-0.2, 0) is 16.0 Å². The second kappa shape index (κ2) is 6.92. The molecule has 0 unspecified atom stereocenters. The number of aromatic nitrogens is 1. The Labute approximate surface area is 158 Å². The van der Waals surface area contributed by atoms with Crippen molar-refractivity contribution in [2.45, 2.75) is 44.4 Å². The number of anilines is 1. The molecule has 5 heteroatoms. The third-order valence-electron chi connectivity index (χ3n) is 5.64. The minimum atomic E-state index is -0.134. The maximum atomic E-state index is 11.3. The summed E-state index contributed by atoms with van der Waals surface area (Å²) < 4.78 is 4.73. The highest BCUT2D eigenvalue weighted by Crippen LogP contribution is 2.47. The molecule has 136 valence electrons. The van der Waals surface area contributed by atoms with Crippen LogP contribution in [0.4, 0.5) is 5.69 Å². The van der Waals surface area contributed by atoms with Crippen LogP contribution in [0.1, 0.15) is 49.3 Å². The number of rotatable bonds is 4. The lowest BCUT2D eigenvalue weighted by atomic mass is 9.70. The number of hydrogen-bond donors (Lipinski definition) is 1. The van der Waals surface area contributed by atoms with Crippen molar-refractivity contribution >= 4 is 34.2 Å². The molecule has 2 aliphatic rings. The summed E-state index contributed by atoms with van der Waals surface area (Å²) in [5.41, 5.74) is 12.1. The summed E-state index contributed by atoms with van der Waals surface area (Å²) in [7, 11) is 1.44. The molecule has 0 amide bonds. The topological polar surface area (TPSA) is 65.2 Å². The number of nitrogens with two attached hydrogens (primary N) is 1. The first-order chi connectivity index (χ1) is 12.5. The van der Waals surface area contributed by atoms with E-state index in [0.717, 1.165) is 54.4 Å². The normalized spacial score (nSPS) is 21.2. The fourth-order valence-corrected chi connectivity index (χ4v) is 4.70. The second-order valence-corrected chi connectivity index (χ2v) is 7.84. The summed E-state index contributed by atoms with van der Waals surface area (Å²) in [6.07, 6.45) is 7.75. The van der Waals surface area contributed by atoms with Gasteiger partial charge in [-0.25, -0.2) is 0 Å². The van der Waals surface area contributed by atoms with Crippen LogP contribution in [0.15, 0.2) is 29.8 Å². The van der Waals surface area contributed by atoms with E-state index in [0.29, 0.717) is 23.3 Å². The quantitative estimate of drug-likeness (QED) is 0.620. The third-order valence-corrected chi connectivity index (χ3v) is 5.88. The monoisotopic (exact) mass is 370 g/mol. The van der Waals surface area contributed by atoms with Gasteiger partial charge < -0.3 is 10.5 Å². The molecule has 1 aromatic heterocycles. The lowest BCUT2D eigenvalue weighted by Crippen LogP contribution is -2.24. The van der Waals surface area contributed by atoms with Gasteiger partial charge in [0.25, 0.3) is 0 Å². The molecule has 0 aliphatic heterocycles. The van der Waals surface area contributed by atoms with Gasteiger partial charge in [-0.3, -0.25) is 9.78 Å². The van der Waals surface area contributed by atoms with E-state index in [4.69, 9.17) is 27.1 Å². The van der Waals surface area contributed by atoms with Crippen LogP contribution in [0, 0.1) is 5.92 Å². The molecule has 4 nitrogen and oxygen atoms in total. The second-order valence-electron chi connectivity index (χ2n) is 7.40. The molecule has 0 saturated carbocycles. The number of methoxy groups -OCH3 is 1. The first-order valence-corrected chi connectivity index (χ1v) is 9.57. The van der Waals surface area contributed by atoms with Gasteiger partial charge in [0.1, 0.15) is 0 Å². The Morgan fingerprint density at radius 1 is 1.38 bits per heavy atom. The van der Waals surface area contributed by atoms with Crippen molar-refractivity contribution in [3.63, 3.8) is 0 Å². The highest BCUT2D eigenvalue weighted by Gasteiger charge is 2.33. The molecule has 2 N–H and O–H groups in total. The largest absolute Gasteiger partial charge is 0.469 e. The number of ether oxygens (including phenoxy) is 1. The number of pyridine rings is 1. The lowest BCUT2D eigenvalue weighted by molar-refractivity contribution is -0.140. The molecule has 2 atom stereocenters. The molecule has 1 aromatic carbocycles. The first-order valence-electron chi connectivity index (χ1n) is 9.19. The van der Waals surface area contributed by atoms with E-state index in [9.17, 15) is 4.79 Å². The standard InChI is InChI=1S/C21H23ClN2O2/c1-26-19(25)4-2-3-12-7-13-9-14(8-12)20-18(10-13)24-17-11-15(22)5-6-16(17)21(20)23/h5-7,11,13-14H,2-4,8-10H2,1H3,(H2,23,24)/t13-,14+/m1/s1. The van der Waals surface area contributed by atoms with Crippen LogP contribution in [-0.4, -0.2) is 18.1 Å². The molecule has 2 aliphatic carbocycles. The summed E-state index contributed by atoms with van der Waals surface area (Å²) in [6, 6.07) is 5.74.